The Balaban J connectivity index is 1.32. The first-order valence-corrected chi connectivity index (χ1v) is 19.3. The van der Waals surface area contributed by atoms with E-state index < -0.39 is 19.7 Å². The maximum atomic E-state index is 12.4. The Morgan fingerprint density at radius 2 is 1.71 bits per heavy atom. The predicted molar refractivity (Wildman–Crippen MR) is 167 cm³/mol. The van der Waals surface area contributed by atoms with Gasteiger partial charge in [0.2, 0.25) is 0 Å². The molecule has 7 atom stereocenters. The van der Waals surface area contributed by atoms with Crippen molar-refractivity contribution in [2.24, 2.45) is 23.2 Å². The molecule has 5 aliphatic carbocycles. The summed E-state index contributed by atoms with van der Waals surface area (Å²) in [5.41, 5.74) is 4.91. The Bertz CT molecular complexity index is 1240. The van der Waals surface area contributed by atoms with Crippen LogP contribution >= 0.6 is 0 Å². The van der Waals surface area contributed by atoms with Gasteiger partial charge in [0.05, 0.1) is 24.4 Å². The Kier molecular flexibility index (Phi) is 6.23. The van der Waals surface area contributed by atoms with E-state index in [4.69, 9.17) is 13.9 Å². The Morgan fingerprint density at radius 3 is 2.34 bits per heavy atom. The highest BCUT2D eigenvalue weighted by Crippen LogP contribution is 2.78. The third kappa shape index (κ3) is 4.06. The van der Waals surface area contributed by atoms with Crippen LogP contribution in [0.2, 0.25) is 18.1 Å². The maximum Gasteiger partial charge on any atom is 0.192 e. The Morgan fingerprint density at radius 1 is 1.02 bits per heavy atom. The van der Waals surface area contributed by atoms with E-state index in [2.05, 4.69) is 84.0 Å². The average molecular weight is 580 g/mol. The summed E-state index contributed by atoms with van der Waals surface area (Å²) in [6.45, 7) is 16.0. The lowest BCUT2D eigenvalue weighted by Gasteiger charge is -2.58. The second-order valence-corrected chi connectivity index (χ2v) is 21.3. The van der Waals surface area contributed by atoms with E-state index in [0.29, 0.717) is 43.3 Å². The molecule has 0 unspecified atom stereocenters. The lowest BCUT2D eigenvalue weighted by Crippen LogP contribution is -2.56. The summed E-state index contributed by atoms with van der Waals surface area (Å²) >= 11 is 0. The van der Waals surface area contributed by atoms with Crippen molar-refractivity contribution in [2.45, 2.75) is 120 Å². The first-order valence-electron chi connectivity index (χ1n) is 16.3. The molecule has 226 valence electrons. The molecule has 1 aromatic rings. The van der Waals surface area contributed by atoms with E-state index in [-0.39, 0.29) is 16.1 Å². The van der Waals surface area contributed by atoms with Crippen LogP contribution in [0.25, 0.3) is 0 Å². The SMILES string of the molecule is CN(C)c1ccc([C@H]2C[C@@]3(C)[C@@H](C[C@H]4C[C@]43O[Si](C)(C)C(C)(C)C)[C@@H]3CC[C@@]4(O)CC5(CCC4=C32)OCCO5)cc1. The van der Waals surface area contributed by atoms with Crippen molar-refractivity contribution in [3.8, 4) is 0 Å². The van der Waals surface area contributed by atoms with Gasteiger partial charge < -0.3 is 23.9 Å². The number of rotatable bonds is 4. The number of benzene rings is 1. The number of hydrogen-bond donors (Lipinski definition) is 1. The zero-order valence-electron chi connectivity index (χ0n) is 26.8. The van der Waals surface area contributed by atoms with Gasteiger partial charge in [0, 0.05) is 38.5 Å². The fraction of sp³-hybridized carbons (Fsp3) is 0.771. The third-order valence-corrected chi connectivity index (χ3v) is 17.7. The predicted octanol–water partition coefficient (Wildman–Crippen LogP) is 7.41. The molecule has 6 aliphatic rings. The molecule has 0 radical (unpaired) electrons. The second-order valence-electron chi connectivity index (χ2n) is 16.6. The summed E-state index contributed by atoms with van der Waals surface area (Å²) in [5, 5.41) is 12.6. The molecule has 7 rings (SSSR count). The van der Waals surface area contributed by atoms with Crippen molar-refractivity contribution in [1.82, 2.24) is 0 Å². The van der Waals surface area contributed by atoms with Crippen molar-refractivity contribution in [2.75, 3.05) is 32.2 Å². The fourth-order valence-corrected chi connectivity index (χ4v) is 11.7. The van der Waals surface area contributed by atoms with Gasteiger partial charge in [0.15, 0.2) is 14.1 Å². The van der Waals surface area contributed by atoms with Crippen LogP contribution < -0.4 is 4.90 Å². The molecule has 1 aliphatic heterocycles. The van der Waals surface area contributed by atoms with Gasteiger partial charge in [-0.05, 0) is 103 Å². The number of fused-ring (bicyclic) bond motifs is 6. The largest absolute Gasteiger partial charge is 0.410 e. The average Bonchev–Trinajstić information content (AvgIpc) is 3.30. The first kappa shape index (κ1) is 28.6. The van der Waals surface area contributed by atoms with Crippen LogP contribution in [-0.4, -0.2) is 57.7 Å². The molecule has 0 aromatic heterocycles. The molecule has 1 N–H and O–H groups in total. The van der Waals surface area contributed by atoms with Crippen LogP contribution in [0.5, 0.6) is 0 Å². The Labute approximate surface area is 249 Å². The summed E-state index contributed by atoms with van der Waals surface area (Å²) in [5.74, 6) is 1.56. The number of aliphatic hydroxyl groups is 1. The molecule has 41 heavy (non-hydrogen) atoms. The highest BCUT2D eigenvalue weighted by molar-refractivity contribution is 6.74. The number of allylic oxidation sites excluding steroid dienone is 1. The van der Waals surface area contributed by atoms with Crippen molar-refractivity contribution in [3.05, 3.63) is 41.0 Å². The minimum absolute atomic E-state index is 0.0224. The molecule has 0 amide bonds. The molecule has 6 heteroatoms. The molecular weight excluding hydrogens is 526 g/mol. The normalized spacial score (nSPS) is 41.1. The molecule has 5 nitrogen and oxygen atoms in total. The van der Waals surface area contributed by atoms with Crippen LogP contribution in [0.4, 0.5) is 5.69 Å². The zero-order chi connectivity index (χ0) is 29.2. The minimum atomic E-state index is -1.93. The molecule has 1 saturated heterocycles. The van der Waals surface area contributed by atoms with Crippen molar-refractivity contribution < 1.29 is 19.0 Å². The monoisotopic (exact) mass is 579 g/mol. The summed E-state index contributed by atoms with van der Waals surface area (Å²) in [7, 11) is 2.29. The highest BCUT2D eigenvalue weighted by Gasteiger charge is 2.77. The van der Waals surface area contributed by atoms with Crippen molar-refractivity contribution >= 4 is 14.0 Å². The highest BCUT2D eigenvalue weighted by atomic mass is 28.4. The number of ether oxygens (including phenoxy) is 2. The van der Waals surface area contributed by atoms with Gasteiger partial charge in [-0.15, -0.1) is 0 Å². The molecule has 4 saturated carbocycles. The smallest absolute Gasteiger partial charge is 0.192 e. The zero-order valence-corrected chi connectivity index (χ0v) is 27.8. The number of hydrogen-bond acceptors (Lipinski definition) is 5. The molecule has 1 spiro atoms. The van der Waals surface area contributed by atoms with Crippen LogP contribution in [0.1, 0.15) is 90.5 Å². The van der Waals surface area contributed by atoms with E-state index >= 15 is 0 Å². The standard InChI is InChI=1S/C35H53NO4Si/c1-31(2,3)41(7,8)40-35-20-24(35)19-29-26-13-15-33(37)22-34(38-17-18-39-34)16-14-28(33)30(26)27(21-32(29,35)4)23-9-11-25(12-10-23)36(5)6/h9-12,24,26-27,29,37H,13-22H2,1-8H3/t24-,26-,27+,29-,32-,33+,35-/m0/s1. The van der Waals surface area contributed by atoms with E-state index in [1.807, 2.05) is 0 Å². The first-order chi connectivity index (χ1) is 19.1. The third-order valence-electron chi connectivity index (χ3n) is 13.2. The number of nitrogens with zero attached hydrogens (tertiary/aromatic N) is 1. The van der Waals surface area contributed by atoms with Gasteiger partial charge in [-0.3, -0.25) is 0 Å². The van der Waals surface area contributed by atoms with E-state index in [9.17, 15) is 5.11 Å². The van der Waals surface area contributed by atoms with Crippen molar-refractivity contribution in [1.29, 1.82) is 0 Å². The van der Waals surface area contributed by atoms with Crippen LogP contribution in [0.15, 0.2) is 35.4 Å². The molecule has 1 aromatic carbocycles. The summed E-state index contributed by atoms with van der Waals surface area (Å²) in [4.78, 5) is 2.18. The molecule has 1 heterocycles. The van der Waals surface area contributed by atoms with Gasteiger partial charge >= 0.3 is 0 Å². The van der Waals surface area contributed by atoms with Crippen LogP contribution in [-0.2, 0) is 13.9 Å². The van der Waals surface area contributed by atoms with Crippen LogP contribution in [0, 0.1) is 23.2 Å². The minimum Gasteiger partial charge on any atom is -0.410 e. The second kappa shape index (κ2) is 8.94. The van der Waals surface area contributed by atoms with Gasteiger partial charge in [-0.1, -0.05) is 45.4 Å². The lowest BCUT2D eigenvalue weighted by molar-refractivity contribution is -0.208. The van der Waals surface area contributed by atoms with Crippen LogP contribution in [0.3, 0.4) is 0 Å². The van der Waals surface area contributed by atoms with E-state index in [1.165, 1.54) is 29.7 Å². The maximum absolute atomic E-state index is 12.4. The molecule has 0 bridgehead atoms. The fourth-order valence-electron chi connectivity index (χ4n) is 10.0. The summed E-state index contributed by atoms with van der Waals surface area (Å²) < 4.78 is 19.8. The summed E-state index contributed by atoms with van der Waals surface area (Å²) in [6, 6.07) is 9.31. The van der Waals surface area contributed by atoms with E-state index in [0.717, 1.165) is 32.1 Å². The van der Waals surface area contributed by atoms with Gasteiger partial charge in [0.1, 0.15) is 0 Å². The Hall–Kier alpha value is -1.18. The van der Waals surface area contributed by atoms with Gasteiger partial charge in [-0.2, -0.15) is 0 Å². The molecular formula is C35H53NO4Si. The summed E-state index contributed by atoms with van der Waals surface area (Å²) in [6.07, 6.45) is 7.84. The topological polar surface area (TPSA) is 51.2 Å². The van der Waals surface area contributed by atoms with Gasteiger partial charge in [0.25, 0.3) is 0 Å². The number of anilines is 1. The van der Waals surface area contributed by atoms with E-state index in [1.54, 1.807) is 5.57 Å². The van der Waals surface area contributed by atoms with Crippen molar-refractivity contribution in [3.63, 3.8) is 0 Å². The van der Waals surface area contributed by atoms with Gasteiger partial charge in [-0.25, -0.2) is 0 Å². The quantitative estimate of drug-likeness (QED) is 0.297. The molecule has 5 fully saturated rings. The lowest BCUT2D eigenvalue weighted by atomic mass is 9.50.